The maximum absolute atomic E-state index is 13.0. The summed E-state index contributed by atoms with van der Waals surface area (Å²) in [5, 5.41) is 17.9. The van der Waals surface area contributed by atoms with Crippen LogP contribution in [0.3, 0.4) is 0 Å². The fraction of sp³-hybridized carbons (Fsp3) is 0.500. The lowest BCUT2D eigenvalue weighted by Crippen LogP contribution is -2.47. The molecule has 2 atom stereocenters. The zero-order chi connectivity index (χ0) is 30.1. The summed E-state index contributed by atoms with van der Waals surface area (Å²) in [6.45, 7) is 6.65. The number of rotatable bonds is 7. The minimum absolute atomic E-state index is 0.0155. The Bertz CT molecular complexity index is 1650. The number of pyridine rings is 1. The molecule has 3 aromatic rings. The molecule has 0 aliphatic carbocycles. The standard InChI is InChI=1S/C28H34N6O7S/c1-27(2,3)41-26(36)22-8-10-28(11-12-29,18-40-22)34-21-9-13-30-25(35)23(21)24(32-34)31-19-4-6-20(7-5-19)42(37,38)33-14-16-39-17-15-33/h4-7,9,13,22H,8,10-11,14-18H2,1-3H3,(H,30,35)(H,31,32). The van der Waals surface area contributed by atoms with E-state index < -0.39 is 33.2 Å². The largest absolute Gasteiger partial charge is 0.458 e. The Morgan fingerprint density at radius 3 is 2.57 bits per heavy atom. The van der Waals surface area contributed by atoms with Crippen LogP contribution in [0.5, 0.6) is 0 Å². The van der Waals surface area contributed by atoms with Crippen molar-refractivity contribution in [2.24, 2.45) is 0 Å². The first kappa shape index (κ1) is 29.7. The smallest absolute Gasteiger partial charge is 0.335 e. The predicted molar refractivity (Wildman–Crippen MR) is 153 cm³/mol. The zero-order valence-electron chi connectivity index (χ0n) is 23.8. The van der Waals surface area contributed by atoms with Crippen LogP contribution in [0.2, 0.25) is 0 Å². The molecule has 4 heterocycles. The number of anilines is 2. The lowest BCUT2D eigenvalue weighted by Gasteiger charge is -2.39. The third-order valence-electron chi connectivity index (χ3n) is 7.28. The molecule has 42 heavy (non-hydrogen) atoms. The summed E-state index contributed by atoms with van der Waals surface area (Å²) in [5.74, 6) is -0.224. The van der Waals surface area contributed by atoms with Crippen LogP contribution in [0.4, 0.5) is 11.5 Å². The number of esters is 1. The molecular weight excluding hydrogens is 564 g/mol. The normalized spacial score (nSPS) is 22.0. The first-order chi connectivity index (χ1) is 19.9. The Hall–Kier alpha value is -3.77. The van der Waals surface area contributed by atoms with E-state index in [1.165, 1.54) is 22.6 Å². The number of sulfonamides is 1. The van der Waals surface area contributed by atoms with Gasteiger partial charge < -0.3 is 24.5 Å². The summed E-state index contributed by atoms with van der Waals surface area (Å²) < 4.78 is 45.7. The molecule has 2 aromatic heterocycles. The van der Waals surface area contributed by atoms with Gasteiger partial charge in [0, 0.05) is 25.0 Å². The minimum Gasteiger partial charge on any atom is -0.458 e. The molecule has 2 unspecified atom stereocenters. The summed E-state index contributed by atoms with van der Waals surface area (Å²) in [6, 6.07) is 10.1. The predicted octanol–water partition coefficient (Wildman–Crippen LogP) is 2.62. The monoisotopic (exact) mass is 598 g/mol. The highest BCUT2D eigenvalue weighted by Crippen LogP contribution is 2.37. The molecule has 5 rings (SSSR count). The third-order valence-corrected chi connectivity index (χ3v) is 9.19. The number of aromatic amines is 1. The Labute approximate surface area is 243 Å². The molecule has 0 bridgehead atoms. The SMILES string of the molecule is CC(C)(C)OC(=O)C1CCC(CC#N)(n2nc(Nc3ccc(S(=O)(=O)N4CCOCC4)cc3)c3c(=O)[nH]ccc32)CO1. The summed E-state index contributed by atoms with van der Waals surface area (Å²) in [7, 11) is -3.67. The van der Waals surface area contributed by atoms with Crippen LogP contribution in [0.25, 0.3) is 10.9 Å². The van der Waals surface area contributed by atoms with E-state index in [1.54, 1.807) is 43.7 Å². The van der Waals surface area contributed by atoms with E-state index in [4.69, 9.17) is 19.3 Å². The first-order valence-electron chi connectivity index (χ1n) is 13.7. The van der Waals surface area contributed by atoms with Gasteiger partial charge in [-0.15, -0.1) is 0 Å². The van der Waals surface area contributed by atoms with Crippen molar-refractivity contribution < 1.29 is 27.4 Å². The van der Waals surface area contributed by atoms with Crippen LogP contribution >= 0.6 is 0 Å². The molecule has 1 aromatic carbocycles. The highest BCUT2D eigenvalue weighted by atomic mass is 32.2. The number of carbonyl (C=O) groups is 1. The molecule has 14 heteroatoms. The van der Waals surface area contributed by atoms with Gasteiger partial charge in [0.05, 0.1) is 48.3 Å². The molecule has 0 radical (unpaired) electrons. The highest BCUT2D eigenvalue weighted by Gasteiger charge is 2.43. The summed E-state index contributed by atoms with van der Waals surface area (Å²) in [4.78, 5) is 28.4. The average Bonchev–Trinajstić information content (AvgIpc) is 3.33. The first-order valence-corrected chi connectivity index (χ1v) is 15.1. The van der Waals surface area contributed by atoms with Crippen molar-refractivity contribution >= 4 is 38.4 Å². The molecule has 13 nitrogen and oxygen atoms in total. The van der Waals surface area contributed by atoms with Crippen LogP contribution in [-0.2, 0) is 34.6 Å². The highest BCUT2D eigenvalue weighted by molar-refractivity contribution is 7.89. The molecule has 0 amide bonds. The van der Waals surface area contributed by atoms with E-state index >= 15 is 0 Å². The quantitative estimate of drug-likeness (QED) is 0.386. The number of aromatic nitrogens is 3. The molecular formula is C28H34N6O7S. The number of benzene rings is 1. The van der Waals surface area contributed by atoms with Gasteiger partial charge in [-0.2, -0.15) is 14.7 Å². The van der Waals surface area contributed by atoms with Crippen molar-refractivity contribution in [3.05, 3.63) is 46.9 Å². The maximum atomic E-state index is 13.0. The van der Waals surface area contributed by atoms with Crippen LogP contribution < -0.4 is 10.9 Å². The fourth-order valence-electron chi connectivity index (χ4n) is 5.20. The second kappa shape index (κ2) is 11.5. The zero-order valence-corrected chi connectivity index (χ0v) is 24.6. The maximum Gasteiger partial charge on any atom is 0.335 e. The Balaban J connectivity index is 1.43. The summed E-state index contributed by atoms with van der Waals surface area (Å²) in [6.07, 6.45) is 1.46. The molecule has 0 spiro atoms. The number of ether oxygens (including phenoxy) is 3. The number of H-pyrrole nitrogens is 1. The third kappa shape index (κ3) is 5.91. The lowest BCUT2D eigenvalue weighted by atomic mass is 9.87. The minimum atomic E-state index is -3.67. The summed E-state index contributed by atoms with van der Waals surface area (Å²) in [5.41, 5.74) is -0.975. The molecule has 0 saturated carbocycles. The van der Waals surface area contributed by atoms with E-state index in [9.17, 15) is 23.3 Å². The molecule has 224 valence electrons. The van der Waals surface area contributed by atoms with Gasteiger partial charge in [0.2, 0.25) is 10.0 Å². The number of nitrogens with zero attached hydrogens (tertiary/aromatic N) is 4. The number of hydrogen-bond donors (Lipinski definition) is 2. The van der Waals surface area contributed by atoms with Crippen molar-refractivity contribution in [1.82, 2.24) is 19.1 Å². The van der Waals surface area contributed by atoms with Crippen LogP contribution in [0.1, 0.15) is 40.0 Å². The molecule has 2 aliphatic heterocycles. The van der Waals surface area contributed by atoms with E-state index in [0.717, 1.165) is 0 Å². The number of hydrogen-bond acceptors (Lipinski definition) is 10. The topological polar surface area (TPSA) is 169 Å². The summed E-state index contributed by atoms with van der Waals surface area (Å²) >= 11 is 0. The molecule has 2 aliphatic rings. The van der Waals surface area contributed by atoms with Crippen molar-refractivity contribution in [1.29, 1.82) is 5.26 Å². The Morgan fingerprint density at radius 1 is 1.24 bits per heavy atom. The number of carbonyl (C=O) groups excluding carboxylic acids is 1. The van der Waals surface area contributed by atoms with Crippen LogP contribution in [0.15, 0.2) is 46.2 Å². The van der Waals surface area contributed by atoms with Crippen molar-refractivity contribution in [2.45, 2.75) is 62.2 Å². The van der Waals surface area contributed by atoms with Gasteiger partial charge in [0.1, 0.15) is 11.0 Å². The van der Waals surface area contributed by atoms with Crippen molar-refractivity contribution in [3.63, 3.8) is 0 Å². The van der Waals surface area contributed by atoms with Gasteiger partial charge in [-0.3, -0.25) is 9.48 Å². The average molecular weight is 599 g/mol. The van der Waals surface area contributed by atoms with Crippen LogP contribution in [-0.4, -0.2) is 78.1 Å². The second-order valence-electron chi connectivity index (χ2n) is 11.4. The van der Waals surface area contributed by atoms with Crippen molar-refractivity contribution in [3.8, 4) is 6.07 Å². The fourth-order valence-corrected chi connectivity index (χ4v) is 6.61. The number of nitriles is 1. The van der Waals surface area contributed by atoms with Crippen LogP contribution in [0, 0.1) is 11.3 Å². The van der Waals surface area contributed by atoms with Gasteiger partial charge in [-0.1, -0.05) is 0 Å². The van der Waals surface area contributed by atoms with E-state index in [0.29, 0.717) is 50.3 Å². The number of fused-ring (bicyclic) bond motifs is 1. The van der Waals surface area contributed by atoms with Gasteiger partial charge in [-0.25, -0.2) is 13.2 Å². The lowest BCUT2D eigenvalue weighted by molar-refractivity contribution is -0.176. The Kier molecular flexibility index (Phi) is 8.13. The molecule has 2 saturated heterocycles. The van der Waals surface area contributed by atoms with Gasteiger partial charge >= 0.3 is 5.97 Å². The molecule has 2 N–H and O–H groups in total. The second-order valence-corrected chi connectivity index (χ2v) is 13.4. The van der Waals surface area contributed by atoms with E-state index in [1.807, 2.05) is 0 Å². The number of nitrogens with one attached hydrogen (secondary N) is 2. The molecule has 2 fully saturated rings. The van der Waals surface area contributed by atoms with Gasteiger partial charge in [0.25, 0.3) is 5.56 Å². The van der Waals surface area contributed by atoms with E-state index in [2.05, 4.69) is 16.4 Å². The number of morpholine rings is 1. The van der Waals surface area contributed by atoms with Gasteiger partial charge in [0.15, 0.2) is 11.9 Å². The van der Waals surface area contributed by atoms with E-state index in [-0.39, 0.29) is 34.7 Å². The van der Waals surface area contributed by atoms with Gasteiger partial charge in [-0.05, 0) is 63.9 Å². The Morgan fingerprint density at radius 2 is 1.95 bits per heavy atom. The van der Waals surface area contributed by atoms with Crippen molar-refractivity contribution in [2.75, 3.05) is 38.2 Å².